The van der Waals surface area contributed by atoms with Crippen LogP contribution in [-0.4, -0.2) is 17.1 Å². The molecule has 0 spiro atoms. The number of benzene rings is 2. The summed E-state index contributed by atoms with van der Waals surface area (Å²) in [7, 11) is 1.44. The summed E-state index contributed by atoms with van der Waals surface area (Å²) in [5.41, 5.74) is 3.61. The van der Waals surface area contributed by atoms with Gasteiger partial charge in [0.2, 0.25) is 5.88 Å². The number of rotatable bonds is 5. The maximum atomic E-state index is 13.8. The van der Waals surface area contributed by atoms with Crippen LogP contribution >= 0.6 is 0 Å². The molecule has 0 aliphatic rings. The van der Waals surface area contributed by atoms with Gasteiger partial charge >= 0.3 is 0 Å². The Labute approximate surface area is 146 Å². The minimum atomic E-state index is -0.414. The molecule has 5 heteroatoms. The van der Waals surface area contributed by atoms with E-state index in [0.29, 0.717) is 17.3 Å². The molecular weight excluding hydrogens is 319 g/mol. The summed E-state index contributed by atoms with van der Waals surface area (Å²) in [6, 6.07) is 14.5. The fraction of sp³-hybridized carbons (Fsp3) is 0.200. The first kappa shape index (κ1) is 16.9. The van der Waals surface area contributed by atoms with E-state index >= 15 is 0 Å². The maximum Gasteiger partial charge on any atom is 0.217 e. The lowest BCUT2D eigenvalue weighted by molar-refractivity contribution is 0.292. The highest BCUT2D eigenvalue weighted by atomic mass is 19.1. The third kappa shape index (κ3) is 4.12. The molecule has 0 bridgehead atoms. The van der Waals surface area contributed by atoms with Gasteiger partial charge in [0.25, 0.3) is 0 Å². The molecule has 128 valence electrons. The van der Waals surface area contributed by atoms with Crippen LogP contribution in [0.2, 0.25) is 0 Å². The van der Waals surface area contributed by atoms with Crippen LogP contribution in [0.5, 0.6) is 11.6 Å². The first-order valence-corrected chi connectivity index (χ1v) is 7.93. The lowest BCUT2D eigenvalue weighted by atomic mass is 10.1. The maximum absolute atomic E-state index is 13.8. The predicted molar refractivity (Wildman–Crippen MR) is 94.2 cm³/mol. The number of aryl methyl sites for hydroxylation is 2. The van der Waals surface area contributed by atoms with Crippen molar-refractivity contribution in [3.63, 3.8) is 0 Å². The van der Waals surface area contributed by atoms with Gasteiger partial charge in [-0.05, 0) is 31.5 Å². The fourth-order valence-electron chi connectivity index (χ4n) is 2.40. The van der Waals surface area contributed by atoms with E-state index in [1.165, 1.54) is 18.7 Å². The van der Waals surface area contributed by atoms with E-state index < -0.39 is 5.82 Å². The summed E-state index contributed by atoms with van der Waals surface area (Å²) < 4.78 is 24.4. The van der Waals surface area contributed by atoms with Crippen molar-refractivity contribution in [1.82, 2.24) is 9.97 Å². The van der Waals surface area contributed by atoms with Crippen LogP contribution in [0.1, 0.15) is 16.8 Å². The van der Waals surface area contributed by atoms with E-state index in [4.69, 9.17) is 9.47 Å². The lowest BCUT2D eigenvalue weighted by Gasteiger charge is -2.09. The zero-order valence-corrected chi connectivity index (χ0v) is 14.4. The van der Waals surface area contributed by atoms with Gasteiger partial charge in [0.05, 0.1) is 7.11 Å². The zero-order chi connectivity index (χ0) is 17.8. The second-order valence-electron chi connectivity index (χ2n) is 5.79. The van der Waals surface area contributed by atoms with Gasteiger partial charge < -0.3 is 9.47 Å². The van der Waals surface area contributed by atoms with E-state index in [1.54, 1.807) is 18.2 Å². The summed E-state index contributed by atoms with van der Waals surface area (Å²) in [5.74, 6) is 0.862. The van der Waals surface area contributed by atoms with Crippen molar-refractivity contribution in [2.75, 3.05) is 7.11 Å². The number of nitrogens with zero attached hydrogens (tertiary/aromatic N) is 2. The molecule has 0 aliphatic carbocycles. The first-order chi connectivity index (χ1) is 12.0. The molecule has 1 aromatic heterocycles. The number of halogens is 1. The zero-order valence-electron chi connectivity index (χ0n) is 14.4. The van der Waals surface area contributed by atoms with Crippen molar-refractivity contribution < 1.29 is 13.9 Å². The SMILES string of the molecule is COc1ccc(COc2cc(C)nc(-c3ccc(C)cc3)n2)cc1F. The molecule has 4 nitrogen and oxygen atoms in total. The van der Waals surface area contributed by atoms with Crippen LogP contribution in [0.25, 0.3) is 11.4 Å². The second-order valence-corrected chi connectivity index (χ2v) is 5.79. The van der Waals surface area contributed by atoms with Gasteiger partial charge in [-0.2, -0.15) is 4.98 Å². The van der Waals surface area contributed by atoms with Crippen LogP contribution < -0.4 is 9.47 Å². The molecule has 1 heterocycles. The van der Waals surface area contributed by atoms with Crippen LogP contribution in [0.15, 0.2) is 48.5 Å². The number of ether oxygens (including phenoxy) is 2. The second kappa shape index (κ2) is 7.30. The Bertz CT molecular complexity index is 879. The Hall–Kier alpha value is -2.95. The number of methoxy groups -OCH3 is 1. The molecule has 0 unspecified atom stereocenters. The minimum Gasteiger partial charge on any atom is -0.494 e. The smallest absolute Gasteiger partial charge is 0.217 e. The van der Waals surface area contributed by atoms with Crippen LogP contribution in [-0.2, 0) is 6.61 Å². The van der Waals surface area contributed by atoms with Gasteiger partial charge in [0.15, 0.2) is 17.4 Å². The van der Waals surface area contributed by atoms with E-state index in [0.717, 1.165) is 11.3 Å². The Kier molecular flexibility index (Phi) is 4.93. The van der Waals surface area contributed by atoms with Crippen molar-refractivity contribution in [2.24, 2.45) is 0 Å². The Morgan fingerprint density at radius 2 is 1.72 bits per heavy atom. The van der Waals surface area contributed by atoms with Crippen molar-refractivity contribution >= 4 is 0 Å². The van der Waals surface area contributed by atoms with Crippen molar-refractivity contribution in [3.8, 4) is 23.0 Å². The van der Waals surface area contributed by atoms with Gasteiger partial charge in [-0.3, -0.25) is 0 Å². The predicted octanol–water partition coefficient (Wildman–Crippen LogP) is 4.49. The number of hydrogen-bond acceptors (Lipinski definition) is 4. The van der Waals surface area contributed by atoms with Gasteiger partial charge in [0.1, 0.15) is 6.61 Å². The Morgan fingerprint density at radius 1 is 0.960 bits per heavy atom. The van der Waals surface area contributed by atoms with Crippen molar-refractivity contribution in [2.45, 2.75) is 20.5 Å². The molecule has 3 aromatic rings. The van der Waals surface area contributed by atoms with E-state index in [2.05, 4.69) is 9.97 Å². The third-order valence-corrected chi connectivity index (χ3v) is 3.74. The highest BCUT2D eigenvalue weighted by Gasteiger charge is 2.08. The van der Waals surface area contributed by atoms with Crippen LogP contribution in [0, 0.1) is 19.7 Å². The van der Waals surface area contributed by atoms with Gasteiger partial charge in [-0.1, -0.05) is 35.9 Å². The van der Waals surface area contributed by atoms with E-state index in [1.807, 2.05) is 38.1 Å². The highest BCUT2D eigenvalue weighted by molar-refractivity contribution is 5.56. The standard InChI is InChI=1S/C20H19FN2O2/c1-13-4-7-16(8-5-13)20-22-14(2)10-19(23-20)25-12-15-6-9-18(24-3)17(21)11-15/h4-11H,12H2,1-3H3. The average molecular weight is 338 g/mol. The molecule has 0 N–H and O–H groups in total. The Morgan fingerprint density at radius 3 is 2.40 bits per heavy atom. The molecule has 3 rings (SSSR count). The van der Waals surface area contributed by atoms with E-state index in [-0.39, 0.29) is 12.4 Å². The van der Waals surface area contributed by atoms with Crippen LogP contribution in [0.3, 0.4) is 0 Å². The molecular formula is C20H19FN2O2. The van der Waals surface area contributed by atoms with Crippen molar-refractivity contribution in [3.05, 3.63) is 71.2 Å². The normalized spacial score (nSPS) is 10.6. The average Bonchev–Trinajstić information content (AvgIpc) is 2.60. The van der Waals surface area contributed by atoms with Gasteiger partial charge in [-0.25, -0.2) is 9.37 Å². The molecule has 0 saturated carbocycles. The molecule has 25 heavy (non-hydrogen) atoms. The van der Waals surface area contributed by atoms with Gasteiger partial charge in [-0.15, -0.1) is 0 Å². The van der Waals surface area contributed by atoms with Crippen LogP contribution in [0.4, 0.5) is 4.39 Å². The number of aromatic nitrogens is 2. The largest absolute Gasteiger partial charge is 0.494 e. The summed E-state index contributed by atoms with van der Waals surface area (Å²) in [5, 5.41) is 0. The summed E-state index contributed by atoms with van der Waals surface area (Å²) in [6.45, 7) is 4.13. The monoisotopic (exact) mass is 338 g/mol. The molecule has 0 radical (unpaired) electrons. The molecule has 0 saturated heterocycles. The first-order valence-electron chi connectivity index (χ1n) is 7.93. The highest BCUT2D eigenvalue weighted by Crippen LogP contribution is 2.22. The Balaban J connectivity index is 1.79. The van der Waals surface area contributed by atoms with E-state index in [9.17, 15) is 4.39 Å². The summed E-state index contributed by atoms with van der Waals surface area (Å²) >= 11 is 0. The molecule has 0 amide bonds. The fourth-order valence-corrected chi connectivity index (χ4v) is 2.40. The molecule has 0 aliphatic heterocycles. The minimum absolute atomic E-state index is 0.211. The van der Waals surface area contributed by atoms with Gasteiger partial charge in [0, 0.05) is 17.3 Å². The summed E-state index contributed by atoms with van der Waals surface area (Å²) in [6.07, 6.45) is 0. The lowest BCUT2D eigenvalue weighted by Crippen LogP contribution is -2.01. The topological polar surface area (TPSA) is 44.2 Å². The quantitative estimate of drug-likeness (QED) is 0.688. The summed E-state index contributed by atoms with van der Waals surface area (Å²) in [4.78, 5) is 8.91. The van der Waals surface area contributed by atoms with Crippen molar-refractivity contribution in [1.29, 1.82) is 0 Å². The number of hydrogen-bond donors (Lipinski definition) is 0. The molecule has 0 atom stereocenters. The molecule has 0 fully saturated rings. The molecule has 2 aromatic carbocycles. The third-order valence-electron chi connectivity index (χ3n) is 3.74.